The number of halogens is 1. The molecule has 0 saturated heterocycles. The predicted molar refractivity (Wildman–Crippen MR) is 51.7 cm³/mol. The fourth-order valence-corrected chi connectivity index (χ4v) is 1.37. The Balaban J connectivity index is 0. The molecule has 1 nitrogen and oxygen atoms in total. The molecule has 70 valence electrons. The van der Waals surface area contributed by atoms with Crippen molar-refractivity contribution in [1.82, 2.24) is 0 Å². The van der Waals surface area contributed by atoms with Crippen LogP contribution in [0, 0.1) is 5.92 Å². The Morgan fingerprint density at radius 3 is 1.55 bits per heavy atom. The highest BCUT2D eigenvalue weighted by Gasteiger charge is 2.01. The second kappa shape index (κ2) is 12.9. The van der Waals surface area contributed by atoms with Crippen LogP contribution in [-0.2, 0) is 0 Å². The zero-order chi connectivity index (χ0) is 9.11. The van der Waals surface area contributed by atoms with Gasteiger partial charge in [-0.3, -0.25) is 4.66 Å². The average Bonchev–Trinajstić information content (AvgIpc) is 2.08. The minimum atomic E-state index is 1.01. The Morgan fingerprint density at radius 1 is 1.00 bits per heavy atom. The van der Waals surface area contributed by atoms with E-state index in [0.717, 1.165) is 5.92 Å². The largest absolute Gasteiger partial charge is 0.295 e. The first kappa shape index (κ1) is 13.8. The molecule has 0 amide bonds. The molecule has 0 aliphatic heterocycles. The topological polar surface area (TPSA) is 20.2 Å². The standard InChI is InChI=1S/C9H20.ClHO/c1-4-7-9(6-3)8-5-2;1-2/h9H,4-8H2,1-3H3;2H. The predicted octanol–water partition coefficient (Wildman–Crippen LogP) is 3.75. The molecule has 0 aliphatic carbocycles. The summed E-state index contributed by atoms with van der Waals surface area (Å²) < 4.78 is 6.47. The van der Waals surface area contributed by atoms with E-state index in [2.05, 4.69) is 32.6 Å². The van der Waals surface area contributed by atoms with Crippen LogP contribution >= 0.6 is 11.9 Å². The van der Waals surface area contributed by atoms with Gasteiger partial charge in [0.2, 0.25) is 0 Å². The van der Waals surface area contributed by atoms with E-state index >= 15 is 0 Å². The normalized spacial score (nSPS) is 9.27. The average molecular weight is 181 g/mol. The highest BCUT2D eigenvalue weighted by atomic mass is 35.5. The van der Waals surface area contributed by atoms with Gasteiger partial charge in [0.05, 0.1) is 11.9 Å². The third kappa shape index (κ3) is 10.2. The molecule has 0 aromatic carbocycles. The van der Waals surface area contributed by atoms with Crippen molar-refractivity contribution < 1.29 is 4.66 Å². The van der Waals surface area contributed by atoms with Crippen LogP contribution in [0.2, 0.25) is 0 Å². The maximum atomic E-state index is 6.47. The Kier molecular flexibility index (Phi) is 16.2. The van der Waals surface area contributed by atoms with Crippen LogP contribution in [0.5, 0.6) is 0 Å². The first-order valence-electron chi connectivity index (χ1n) is 4.52. The van der Waals surface area contributed by atoms with Gasteiger partial charge in [-0.25, -0.2) is 0 Å². The van der Waals surface area contributed by atoms with Gasteiger partial charge in [0.15, 0.2) is 0 Å². The van der Waals surface area contributed by atoms with Gasteiger partial charge in [0.1, 0.15) is 0 Å². The minimum absolute atomic E-state index is 1.01. The minimum Gasteiger partial charge on any atom is -0.295 e. The van der Waals surface area contributed by atoms with Crippen molar-refractivity contribution in [3.8, 4) is 0 Å². The van der Waals surface area contributed by atoms with Gasteiger partial charge >= 0.3 is 0 Å². The lowest BCUT2D eigenvalue weighted by atomic mass is 9.96. The summed E-state index contributed by atoms with van der Waals surface area (Å²) in [5.41, 5.74) is 0. The third-order valence-corrected chi connectivity index (χ3v) is 1.97. The fourth-order valence-electron chi connectivity index (χ4n) is 1.37. The van der Waals surface area contributed by atoms with Crippen molar-refractivity contribution in [2.24, 2.45) is 5.92 Å². The van der Waals surface area contributed by atoms with E-state index in [1.807, 2.05) is 0 Å². The van der Waals surface area contributed by atoms with Crippen molar-refractivity contribution in [2.75, 3.05) is 0 Å². The zero-order valence-corrected chi connectivity index (χ0v) is 8.69. The lowest BCUT2D eigenvalue weighted by molar-refractivity contribution is 0.427. The lowest BCUT2D eigenvalue weighted by Crippen LogP contribution is -1.96. The van der Waals surface area contributed by atoms with E-state index in [0.29, 0.717) is 0 Å². The van der Waals surface area contributed by atoms with Gasteiger partial charge in [-0.1, -0.05) is 52.9 Å². The fraction of sp³-hybridized carbons (Fsp3) is 1.00. The van der Waals surface area contributed by atoms with Crippen molar-refractivity contribution in [3.05, 3.63) is 0 Å². The van der Waals surface area contributed by atoms with Crippen LogP contribution < -0.4 is 0 Å². The molecule has 0 aromatic heterocycles. The summed E-state index contributed by atoms with van der Waals surface area (Å²) in [6.45, 7) is 6.85. The molecule has 0 bridgehead atoms. The number of hydrogen-bond acceptors (Lipinski definition) is 1. The van der Waals surface area contributed by atoms with Gasteiger partial charge in [-0.05, 0) is 5.92 Å². The molecular formula is C9H21ClO. The summed E-state index contributed by atoms with van der Waals surface area (Å²) in [6.07, 6.45) is 6.97. The highest BCUT2D eigenvalue weighted by molar-refractivity contribution is 6.04. The Hall–Kier alpha value is 0.250. The van der Waals surface area contributed by atoms with Gasteiger partial charge in [-0.15, -0.1) is 0 Å². The SMILES string of the molecule is CCCC(CC)CCC.OCl. The molecule has 0 saturated carbocycles. The van der Waals surface area contributed by atoms with E-state index in [-0.39, 0.29) is 0 Å². The van der Waals surface area contributed by atoms with Crippen molar-refractivity contribution >= 4 is 11.9 Å². The van der Waals surface area contributed by atoms with E-state index in [9.17, 15) is 0 Å². The third-order valence-electron chi connectivity index (χ3n) is 1.97. The molecule has 0 fully saturated rings. The second-order valence-electron chi connectivity index (χ2n) is 2.85. The van der Waals surface area contributed by atoms with Gasteiger partial charge in [0, 0.05) is 0 Å². The van der Waals surface area contributed by atoms with Crippen LogP contribution in [0.4, 0.5) is 0 Å². The molecule has 11 heavy (non-hydrogen) atoms. The van der Waals surface area contributed by atoms with Gasteiger partial charge in [0.25, 0.3) is 0 Å². The van der Waals surface area contributed by atoms with Gasteiger partial charge in [-0.2, -0.15) is 0 Å². The molecule has 0 atom stereocenters. The Bertz CT molecular complexity index is 51.5. The molecule has 0 rings (SSSR count). The maximum absolute atomic E-state index is 6.47. The van der Waals surface area contributed by atoms with Gasteiger partial charge < -0.3 is 0 Å². The Morgan fingerprint density at radius 2 is 1.36 bits per heavy atom. The van der Waals surface area contributed by atoms with Crippen LogP contribution in [0.1, 0.15) is 52.9 Å². The quantitative estimate of drug-likeness (QED) is 0.684. The van der Waals surface area contributed by atoms with E-state index in [4.69, 9.17) is 4.66 Å². The summed E-state index contributed by atoms with van der Waals surface area (Å²) in [7, 11) is 0. The summed E-state index contributed by atoms with van der Waals surface area (Å²) in [4.78, 5) is 0. The molecule has 0 aliphatic rings. The second-order valence-corrected chi connectivity index (χ2v) is 2.85. The first-order valence-corrected chi connectivity index (χ1v) is 4.85. The van der Waals surface area contributed by atoms with E-state index in [1.165, 1.54) is 32.1 Å². The summed E-state index contributed by atoms with van der Waals surface area (Å²) in [5.74, 6) is 1.01. The monoisotopic (exact) mass is 180 g/mol. The zero-order valence-electron chi connectivity index (χ0n) is 7.94. The summed E-state index contributed by atoms with van der Waals surface area (Å²) >= 11 is 3.64. The molecule has 0 unspecified atom stereocenters. The van der Waals surface area contributed by atoms with Crippen molar-refractivity contribution in [3.63, 3.8) is 0 Å². The molecule has 0 radical (unpaired) electrons. The van der Waals surface area contributed by atoms with E-state index in [1.54, 1.807) is 0 Å². The summed E-state index contributed by atoms with van der Waals surface area (Å²) in [5, 5.41) is 0. The van der Waals surface area contributed by atoms with E-state index < -0.39 is 0 Å². The van der Waals surface area contributed by atoms with Crippen molar-refractivity contribution in [1.29, 1.82) is 0 Å². The maximum Gasteiger partial charge on any atom is 0.0579 e. The molecular weight excluding hydrogens is 160 g/mol. The molecule has 1 N–H and O–H groups in total. The van der Waals surface area contributed by atoms with Crippen LogP contribution in [-0.4, -0.2) is 4.66 Å². The van der Waals surface area contributed by atoms with Crippen LogP contribution in [0.15, 0.2) is 0 Å². The first-order chi connectivity index (χ1) is 5.35. The van der Waals surface area contributed by atoms with Crippen molar-refractivity contribution in [2.45, 2.75) is 52.9 Å². The lowest BCUT2D eigenvalue weighted by Gasteiger charge is -2.10. The number of hydrogen-bond donors (Lipinski definition) is 1. The van der Waals surface area contributed by atoms with Crippen LogP contribution in [0.3, 0.4) is 0 Å². The Labute approximate surface area is 75.9 Å². The smallest absolute Gasteiger partial charge is 0.0579 e. The summed E-state index contributed by atoms with van der Waals surface area (Å²) in [6, 6.07) is 0. The highest BCUT2D eigenvalue weighted by Crippen LogP contribution is 2.16. The van der Waals surface area contributed by atoms with Crippen LogP contribution in [0.25, 0.3) is 0 Å². The molecule has 0 heterocycles. The molecule has 0 aromatic rings. The molecule has 2 heteroatoms. The number of rotatable bonds is 5. The molecule has 0 spiro atoms.